The quantitative estimate of drug-likeness (QED) is 0.361. The molecule has 0 saturated carbocycles. The van der Waals surface area contributed by atoms with Gasteiger partial charge in [0.2, 0.25) is 0 Å². The summed E-state index contributed by atoms with van der Waals surface area (Å²) in [5.74, 6) is -0.108. The van der Waals surface area contributed by atoms with Crippen LogP contribution in [0.2, 0.25) is 10.0 Å². The van der Waals surface area contributed by atoms with Crippen molar-refractivity contribution in [3.05, 3.63) is 92.2 Å². The summed E-state index contributed by atoms with van der Waals surface area (Å²) in [7, 11) is 0. The van der Waals surface area contributed by atoms with E-state index in [2.05, 4.69) is 19.2 Å². The van der Waals surface area contributed by atoms with E-state index >= 15 is 0 Å². The molecule has 3 nitrogen and oxygen atoms in total. The van der Waals surface area contributed by atoms with E-state index in [1.165, 1.54) is 5.57 Å². The molecule has 1 aliphatic rings. The van der Waals surface area contributed by atoms with Crippen LogP contribution in [-0.4, -0.2) is 11.4 Å². The van der Waals surface area contributed by atoms with Crippen molar-refractivity contribution in [2.75, 3.05) is 0 Å². The lowest BCUT2D eigenvalue weighted by atomic mass is 9.76. The second kappa shape index (κ2) is 9.82. The Bertz CT molecular complexity index is 922. The highest BCUT2D eigenvalue weighted by Crippen LogP contribution is 2.46. The Kier molecular flexibility index (Phi) is 7.42. The first-order valence-corrected chi connectivity index (χ1v) is 10.7. The third-order valence-electron chi connectivity index (χ3n) is 5.50. The third kappa shape index (κ3) is 4.70. The minimum atomic E-state index is -0.509. The van der Waals surface area contributed by atoms with Gasteiger partial charge in [-0.25, -0.2) is 4.89 Å². The zero-order valence-electron chi connectivity index (χ0n) is 17.0. The van der Waals surface area contributed by atoms with Gasteiger partial charge in [-0.3, -0.25) is 5.26 Å². The summed E-state index contributed by atoms with van der Waals surface area (Å²) in [6.07, 6.45) is 1.95. The normalized spacial score (nSPS) is 18.1. The van der Waals surface area contributed by atoms with Crippen LogP contribution in [0.25, 0.3) is 0 Å². The van der Waals surface area contributed by atoms with Crippen molar-refractivity contribution in [2.24, 2.45) is 0 Å². The molecule has 0 spiro atoms. The number of halogens is 2. The van der Waals surface area contributed by atoms with Crippen LogP contribution in [0.1, 0.15) is 50.7 Å². The molecule has 2 N–H and O–H groups in total. The van der Waals surface area contributed by atoms with Crippen LogP contribution in [0.4, 0.5) is 0 Å². The molecule has 0 radical (unpaired) electrons. The summed E-state index contributed by atoms with van der Waals surface area (Å²) in [6, 6.07) is 15.8. The van der Waals surface area contributed by atoms with Crippen LogP contribution in [0.5, 0.6) is 0 Å². The maximum Gasteiger partial charge on any atom is 0.121 e. The minimum absolute atomic E-state index is 0.108. The molecule has 5 heteroatoms. The predicted molar refractivity (Wildman–Crippen MR) is 120 cm³/mol. The lowest BCUT2D eigenvalue weighted by Crippen LogP contribution is -2.32. The van der Waals surface area contributed by atoms with Crippen molar-refractivity contribution in [1.29, 1.82) is 0 Å². The molecule has 0 amide bonds. The van der Waals surface area contributed by atoms with Gasteiger partial charge in [-0.1, -0.05) is 79.0 Å². The van der Waals surface area contributed by atoms with Gasteiger partial charge in [0.05, 0.1) is 10.0 Å². The summed E-state index contributed by atoms with van der Waals surface area (Å²) < 4.78 is 0. The fraction of sp³-hybridized carbons (Fsp3) is 0.333. The molecule has 1 aliphatic heterocycles. The van der Waals surface area contributed by atoms with E-state index in [9.17, 15) is 5.26 Å². The van der Waals surface area contributed by atoms with Gasteiger partial charge in [-0.2, -0.15) is 0 Å². The van der Waals surface area contributed by atoms with Gasteiger partial charge in [-0.15, -0.1) is 0 Å². The smallest absolute Gasteiger partial charge is 0.121 e. The Balaban J connectivity index is 2.13. The molecule has 0 saturated heterocycles. The summed E-state index contributed by atoms with van der Waals surface area (Å²) in [6.45, 7) is 6.26. The molecule has 2 aromatic rings. The molecule has 2 unspecified atom stereocenters. The van der Waals surface area contributed by atoms with Crippen LogP contribution < -0.4 is 5.32 Å². The molecule has 0 bridgehead atoms. The fourth-order valence-corrected chi connectivity index (χ4v) is 4.63. The zero-order chi connectivity index (χ0) is 21.0. The molecule has 1 heterocycles. The first-order chi connectivity index (χ1) is 14.0. The maximum atomic E-state index is 9.89. The van der Waals surface area contributed by atoms with Gasteiger partial charge in [0.25, 0.3) is 0 Å². The second-order valence-corrected chi connectivity index (χ2v) is 8.25. The average molecular weight is 432 g/mol. The molecule has 154 valence electrons. The summed E-state index contributed by atoms with van der Waals surface area (Å²) >= 11 is 13.0. The largest absolute Gasteiger partial charge is 0.363 e. The van der Waals surface area contributed by atoms with Crippen LogP contribution in [0.15, 0.2) is 71.1 Å². The van der Waals surface area contributed by atoms with Crippen LogP contribution in [0.3, 0.4) is 0 Å². The molecule has 3 rings (SSSR count). The lowest BCUT2D eigenvalue weighted by molar-refractivity contribution is -0.269. The van der Waals surface area contributed by atoms with E-state index in [0.717, 1.165) is 40.9 Å². The summed E-state index contributed by atoms with van der Waals surface area (Å²) in [5, 5.41) is 14.5. The molecule has 2 atom stereocenters. The van der Waals surface area contributed by atoms with Gasteiger partial charge in [0.1, 0.15) is 6.10 Å². The number of rotatable bonds is 7. The number of dihydropyridines is 1. The van der Waals surface area contributed by atoms with E-state index in [1.54, 1.807) is 6.07 Å². The van der Waals surface area contributed by atoms with E-state index in [0.29, 0.717) is 16.5 Å². The summed E-state index contributed by atoms with van der Waals surface area (Å²) in [5.41, 5.74) is 6.34. The Hall–Kier alpha value is -1.78. The topological polar surface area (TPSA) is 41.5 Å². The number of hydrogen-bond donors (Lipinski definition) is 2. The van der Waals surface area contributed by atoms with E-state index in [1.807, 2.05) is 49.4 Å². The number of allylic oxidation sites excluding steroid dienone is 3. The Morgan fingerprint density at radius 3 is 2.41 bits per heavy atom. The van der Waals surface area contributed by atoms with E-state index in [4.69, 9.17) is 28.1 Å². The fourth-order valence-electron chi connectivity index (χ4n) is 4.21. The van der Waals surface area contributed by atoms with Gasteiger partial charge >= 0.3 is 0 Å². The first-order valence-electron chi connectivity index (χ1n) is 9.93. The van der Waals surface area contributed by atoms with Crippen molar-refractivity contribution in [3.63, 3.8) is 0 Å². The highest BCUT2D eigenvalue weighted by molar-refractivity contribution is 6.42. The maximum absolute atomic E-state index is 9.89. The van der Waals surface area contributed by atoms with Crippen molar-refractivity contribution >= 4 is 23.2 Å². The van der Waals surface area contributed by atoms with Gasteiger partial charge in [0, 0.05) is 23.7 Å². The Morgan fingerprint density at radius 1 is 1.03 bits per heavy atom. The van der Waals surface area contributed by atoms with E-state index < -0.39 is 6.10 Å². The van der Waals surface area contributed by atoms with Crippen LogP contribution >= 0.6 is 23.2 Å². The molecule has 0 aromatic heterocycles. The average Bonchev–Trinajstić information content (AvgIpc) is 2.71. The van der Waals surface area contributed by atoms with Crippen LogP contribution in [0, 0.1) is 0 Å². The minimum Gasteiger partial charge on any atom is -0.363 e. The molecular weight excluding hydrogens is 405 g/mol. The van der Waals surface area contributed by atoms with Gasteiger partial charge in [0.15, 0.2) is 0 Å². The highest BCUT2D eigenvalue weighted by atomic mass is 35.5. The Morgan fingerprint density at radius 2 is 1.76 bits per heavy atom. The zero-order valence-corrected chi connectivity index (χ0v) is 18.5. The molecule has 0 fully saturated rings. The van der Waals surface area contributed by atoms with E-state index in [-0.39, 0.29) is 5.92 Å². The molecule has 29 heavy (non-hydrogen) atoms. The number of hydrogen-bond acceptors (Lipinski definition) is 3. The number of benzene rings is 2. The standard InChI is InChI=1S/C24H27Cl2NO2/c1-4-9-18-15(2)27-16(3)22(21(29-28)14-17-10-6-5-7-11-17)23(18)19-12-8-13-20(25)24(19)26/h5-8,10-13,21,23,27-28H,4,9,14H2,1-3H3. The Labute approximate surface area is 182 Å². The highest BCUT2D eigenvalue weighted by Gasteiger charge is 2.35. The van der Waals surface area contributed by atoms with Crippen LogP contribution in [-0.2, 0) is 11.3 Å². The molecule has 0 aliphatic carbocycles. The molecular formula is C24H27Cl2NO2. The van der Waals surface area contributed by atoms with Crippen molar-refractivity contribution in [3.8, 4) is 0 Å². The first kappa shape index (κ1) is 21.9. The monoisotopic (exact) mass is 431 g/mol. The van der Waals surface area contributed by atoms with Crippen molar-refractivity contribution < 1.29 is 10.1 Å². The van der Waals surface area contributed by atoms with Crippen molar-refractivity contribution in [1.82, 2.24) is 5.32 Å². The predicted octanol–water partition coefficient (Wildman–Crippen LogP) is 7.13. The third-order valence-corrected chi connectivity index (χ3v) is 6.33. The molecule has 2 aromatic carbocycles. The van der Waals surface area contributed by atoms with Gasteiger partial charge in [-0.05, 0) is 48.6 Å². The SMILES string of the molecule is CCCC1=C(C)NC(C)=C(C(Cc2ccccc2)OO)C1c1cccc(Cl)c1Cl. The number of nitrogens with one attached hydrogen (secondary N) is 1. The second-order valence-electron chi connectivity index (χ2n) is 7.47. The van der Waals surface area contributed by atoms with Crippen molar-refractivity contribution in [2.45, 2.75) is 52.1 Å². The summed E-state index contributed by atoms with van der Waals surface area (Å²) in [4.78, 5) is 5.05. The van der Waals surface area contributed by atoms with Gasteiger partial charge < -0.3 is 5.32 Å². The lowest BCUT2D eigenvalue weighted by Gasteiger charge is -2.36.